The summed E-state index contributed by atoms with van der Waals surface area (Å²) in [6, 6.07) is 8.07. The normalized spacial score (nSPS) is 19.2. The van der Waals surface area contributed by atoms with E-state index in [4.69, 9.17) is 5.73 Å². The van der Waals surface area contributed by atoms with Crippen LogP contribution in [0, 0.1) is 11.3 Å². The highest BCUT2D eigenvalue weighted by Crippen LogP contribution is 2.44. The van der Waals surface area contributed by atoms with Crippen molar-refractivity contribution < 1.29 is 4.79 Å². The molecule has 1 saturated carbocycles. The molecule has 1 aliphatic carbocycles. The molecule has 2 aromatic rings. The number of nitrogens with two attached hydrogens (primary N) is 1. The summed E-state index contributed by atoms with van der Waals surface area (Å²) in [5, 5.41) is 10.6. The maximum absolute atomic E-state index is 11.7. The average Bonchev–Trinajstić information content (AvgIpc) is 3.32. The van der Waals surface area contributed by atoms with Crippen LogP contribution in [0.15, 0.2) is 34.3 Å². The van der Waals surface area contributed by atoms with E-state index in [2.05, 4.69) is 16.0 Å². The van der Waals surface area contributed by atoms with E-state index in [1.165, 1.54) is 11.8 Å². The minimum absolute atomic E-state index is 0.272. The minimum atomic E-state index is -0.307. The topological polar surface area (TPSA) is 92.1 Å². The van der Waals surface area contributed by atoms with Crippen molar-refractivity contribution in [2.75, 3.05) is 0 Å². The molecule has 112 valence electrons. The van der Waals surface area contributed by atoms with Gasteiger partial charge in [-0.1, -0.05) is 6.07 Å². The number of rotatable bonds is 2. The Bertz CT molecular complexity index is 951. The van der Waals surface area contributed by atoms with Gasteiger partial charge in [-0.3, -0.25) is 9.78 Å². The first-order chi connectivity index (χ1) is 11.2. The third-order valence-corrected chi connectivity index (χ3v) is 4.79. The van der Waals surface area contributed by atoms with Crippen LogP contribution in [0.1, 0.15) is 35.4 Å². The highest BCUT2D eigenvalue weighted by atomic mass is 32.2. The van der Waals surface area contributed by atoms with Gasteiger partial charge < -0.3 is 5.73 Å². The molecule has 1 aliphatic heterocycles. The number of hydrogen-bond acceptors (Lipinski definition) is 5. The molecule has 0 bridgehead atoms. The molecule has 1 amide bonds. The first kappa shape index (κ1) is 14.0. The first-order valence-corrected chi connectivity index (χ1v) is 8.08. The van der Waals surface area contributed by atoms with Gasteiger partial charge in [0.15, 0.2) is 5.17 Å². The van der Waals surface area contributed by atoms with Crippen LogP contribution in [0.3, 0.4) is 0 Å². The number of amides is 1. The maximum Gasteiger partial charge on any atom is 0.286 e. The first-order valence-electron chi connectivity index (χ1n) is 7.26. The summed E-state index contributed by atoms with van der Waals surface area (Å²) in [5.74, 6) is 0.137. The van der Waals surface area contributed by atoms with Gasteiger partial charge in [-0.2, -0.15) is 10.3 Å². The number of amidine groups is 1. The molecule has 0 radical (unpaired) electrons. The molecule has 1 aromatic heterocycles. The Morgan fingerprint density at radius 1 is 1.39 bits per heavy atom. The fourth-order valence-electron chi connectivity index (χ4n) is 2.80. The largest absolute Gasteiger partial charge is 0.378 e. The zero-order chi connectivity index (χ0) is 16.0. The SMILES string of the molecule is N#Cc1cnc2ccc(/C=C3\SC(N)=NC3=O)cc2c1C1CC1. The number of pyridine rings is 1. The summed E-state index contributed by atoms with van der Waals surface area (Å²) in [4.78, 5) is 20.3. The Morgan fingerprint density at radius 2 is 2.22 bits per heavy atom. The van der Waals surface area contributed by atoms with Gasteiger partial charge in [0.05, 0.1) is 16.0 Å². The van der Waals surface area contributed by atoms with Crippen LogP contribution in [0.4, 0.5) is 0 Å². The van der Waals surface area contributed by atoms with E-state index < -0.39 is 0 Å². The molecular formula is C17H12N4OS. The summed E-state index contributed by atoms with van der Waals surface area (Å²) < 4.78 is 0. The van der Waals surface area contributed by atoms with E-state index in [-0.39, 0.29) is 11.1 Å². The average molecular weight is 320 g/mol. The Labute approximate surface area is 136 Å². The molecule has 2 N–H and O–H groups in total. The standard InChI is InChI=1S/C17H12N4OS/c18-7-11-8-20-13-4-1-9(5-12(13)15(11)10-2-3-10)6-14-16(22)21-17(19)23-14/h1,4-6,8,10H,2-3H2,(H2,19,21,22)/b14-6-. The van der Waals surface area contributed by atoms with Gasteiger partial charge >= 0.3 is 0 Å². The van der Waals surface area contributed by atoms with Gasteiger partial charge in [0.25, 0.3) is 5.91 Å². The second kappa shape index (κ2) is 5.21. The number of fused-ring (bicyclic) bond motifs is 1. The van der Waals surface area contributed by atoms with Crippen LogP contribution >= 0.6 is 11.8 Å². The summed E-state index contributed by atoms with van der Waals surface area (Å²) in [7, 11) is 0. The van der Waals surface area contributed by atoms with Gasteiger partial charge in [-0.25, -0.2) is 0 Å². The van der Waals surface area contributed by atoms with Gasteiger partial charge in [0, 0.05) is 11.6 Å². The minimum Gasteiger partial charge on any atom is -0.378 e. The molecule has 0 unspecified atom stereocenters. The smallest absolute Gasteiger partial charge is 0.286 e. The quantitative estimate of drug-likeness (QED) is 0.859. The number of nitrogens with zero attached hydrogens (tertiary/aromatic N) is 3. The molecule has 0 atom stereocenters. The Morgan fingerprint density at radius 3 is 2.87 bits per heavy atom. The second-order valence-corrected chi connectivity index (χ2v) is 6.68. The van der Waals surface area contributed by atoms with E-state index in [0.717, 1.165) is 34.9 Å². The molecular weight excluding hydrogens is 308 g/mol. The van der Waals surface area contributed by atoms with Crippen molar-refractivity contribution in [2.45, 2.75) is 18.8 Å². The van der Waals surface area contributed by atoms with Crippen molar-refractivity contribution in [1.82, 2.24) is 4.98 Å². The van der Waals surface area contributed by atoms with Gasteiger partial charge in [-0.05, 0) is 59.9 Å². The molecule has 5 nitrogen and oxygen atoms in total. The lowest BCUT2D eigenvalue weighted by atomic mass is 9.98. The highest BCUT2D eigenvalue weighted by molar-refractivity contribution is 8.18. The fraction of sp³-hybridized carbons (Fsp3) is 0.176. The van der Waals surface area contributed by atoms with Crippen molar-refractivity contribution in [2.24, 2.45) is 10.7 Å². The molecule has 1 aromatic carbocycles. The van der Waals surface area contributed by atoms with E-state index in [9.17, 15) is 10.1 Å². The second-order valence-electron chi connectivity index (χ2n) is 5.61. The van der Waals surface area contributed by atoms with Crippen LogP contribution in [-0.2, 0) is 4.79 Å². The molecule has 0 spiro atoms. The number of aromatic nitrogens is 1. The van der Waals surface area contributed by atoms with Crippen molar-refractivity contribution in [3.8, 4) is 6.07 Å². The number of benzene rings is 1. The maximum atomic E-state index is 11.7. The lowest BCUT2D eigenvalue weighted by molar-refractivity contribution is -0.113. The van der Waals surface area contributed by atoms with E-state index >= 15 is 0 Å². The molecule has 23 heavy (non-hydrogen) atoms. The van der Waals surface area contributed by atoms with Crippen LogP contribution in [0.25, 0.3) is 17.0 Å². The van der Waals surface area contributed by atoms with Crippen LogP contribution in [-0.4, -0.2) is 16.1 Å². The number of aliphatic imine (C=N–C) groups is 1. The zero-order valence-corrected chi connectivity index (χ0v) is 12.9. The lowest BCUT2D eigenvalue weighted by Crippen LogP contribution is -2.01. The predicted octanol–water partition coefficient (Wildman–Crippen LogP) is 2.91. The van der Waals surface area contributed by atoms with Crippen molar-refractivity contribution in [1.29, 1.82) is 5.26 Å². The third-order valence-electron chi connectivity index (χ3n) is 3.97. The van der Waals surface area contributed by atoms with Crippen LogP contribution in [0.5, 0.6) is 0 Å². The molecule has 6 heteroatoms. The molecule has 4 rings (SSSR count). The Kier molecular flexibility index (Phi) is 3.17. The predicted molar refractivity (Wildman–Crippen MR) is 90.6 cm³/mol. The van der Waals surface area contributed by atoms with E-state index in [0.29, 0.717) is 16.4 Å². The Balaban J connectivity index is 1.85. The summed E-state index contributed by atoms with van der Waals surface area (Å²) in [5.41, 5.74) is 9.06. The number of carbonyl (C=O) groups is 1. The van der Waals surface area contributed by atoms with Crippen molar-refractivity contribution in [3.63, 3.8) is 0 Å². The number of thioether (sulfide) groups is 1. The molecule has 2 aliphatic rings. The van der Waals surface area contributed by atoms with Gasteiger partial charge in [0.1, 0.15) is 6.07 Å². The summed E-state index contributed by atoms with van der Waals surface area (Å²) in [6.45, 7) is 0. The number of carbonyl (C=O) groups excluding carboxylic acids is 1. The van der Waals surface area contributed by atoms with Gasteiger partial charge in [-0.15, -0.1) is 0 Å². The molecule has 2 heterocycles. The van der Waals surface area contributed by atoms with Gasteiger partial charge in [0.2, 0.25) is 0 Å². The van der Waals surface area contributed by atoms with E-state index in [1.807, 2.05) is 18.2 Å². The monoisotopic (exact) mass is 320 g/mol. The van der Waals surface area contributed by atoms with Crippen LogP contribution in [0.2, 0.25) is 0 Å². The highest BCUT2D eigenvalue weighted by Gasteiger charge is 2.28. The summed E-state index contributed by atoms with van der Waals surface area (Å²) >= 11 is 1.18. The number of hydrogen-bond donors (Lipinski definition) is 1. The summed E-state index contributed by atoms with van der Waals surface area (Å²) in [6.07, 6.45) is 5.65. The zero-order valence-electron chi connectivity index (χ0n) is 12.1. The van der Waals surface area contributed by atoms with E-state index in [1.54, 1.807) is 12.3 Å². The lowest BCUT2D eigenvalue weighted by Gasteiger charge is -2.08. The Hall–Kier alpha value is -2.65. The molecule has 1 fully saturated rings. The van der Waals surface area contributed by atoms with Crippen molar-refractivity contribution in [3.05, 3.63) is 46.0 Å². The fourth-order valence-corrected chi connectivity index (χ4v) is 3.48. The van der Waals surface area contributed by atoms with Crippen LogP contribution < -0.4 is 5.73 Å². The number of nitriles is 1. The third kappa shape index (κ3) is 2.49. The van der Waals surface area contributed by atoms with Crippen molar-refractivity contribution >= 4 is 39.8 Å². The molecule has 0 saturated heterocycles.